The topological polar surface area (TPSA) is 50.4 Å². The van der Waals surface area contributed by atoms with Crippen molar-refractivity contribution in [3.05, 3.63) is 29.8 Å². The molecule has 1 aromatic carbocycles. The van der Waals surface area contributed by atoms with E-state index >= 15 is 0 Å². The summed E-state index contributed by atoms with van der Waals surface area (Å²) >= 11 is 0. The van der Waals surface area contributed by atoms with E-state index in [0.717, 1.165) is 24.9 Å². The lowest BCUT2D eigenvalue weighted by molar-refractivity contribution is 0.0841. The number of benzene rings is 1. The second kappa shape index (κ2) is 4.61. The van der Waals surface area contributed by atoms with E-state index in [2.05, 4.69) is 10.6 Å². The Morgan fingerprint density at radius 1 is 1.33 bits per heavy atom. The minimum absolute atomic E-state index is 0.0129. The van der Waals surface area contributed by atoms with Crippen molar-refractivity contribution in [1.29, 1.82) is 0 Å². The maximum absolute atomic E-state index is 12.3. The average molecular weight is 246 g/mol. The van der Waals surface area contributed by atoms with Crippen LogP contribution in [0.25, 0.3) is 0 Å². The highest BCUT2D eigenvalue weighted by Gasteiger charge is 2.41. The lowest BCUT2D eigenvalue weighted by Gasteiger charge is -2.20. The summed E-state index contributed by atoms with van der Waals surface area (Å²) in [7, 11) is 1.83. The SMILES string of the molecule is CNc1ccccc1C(=O)NC1CC2CCC1O2. The zero-order chi connectivity index (χ0) is 12.5. The van der Waals surface area contributed by atoms with Crippen molar-refractivity contribution in [1.82, 2.24) is 5.32 Å². The minimum atomic E-state index is -0.0129. The molecule has 2 N–H and O–H groups in total. The third-order valence-electron chi connectivity index (χ3n) is 3.86. The molecule has 3 unspecified atom stereocenters. The molecule has 0 radical (unpaired) electrons. The molecule has 2 heterocycles. The van der Waals surface area contributed by atoms with Crippen molar-refractivity contribution in [3.8, 4) is 0 Å². The number of anilines is 1. The number of carbonyl (C=O) groups excluding carboxylic acids is 1. The van der Waals surface area contributed by atoms with Gasteiger partial charge in [-0.05, 0) is 31.4 Å². The number of hydrogen-bond donors (Lipinski definition) is 2. The van der Waals surface area contributed by atoms with Crippen LogP contribution in [0.3, 0.4) is 0 Å². The normalized spacial score (nSPS) is 29.3. The van der Waals surface area contributed by atoms with Crippen LogP contribution in [0, 0.1) is 0 Å². The fourth-order valence-electron chi connectivity index (χ4n) is 2.94. The van der Waals surface area contributed by atoms with Gasteiger partial charge in [-0.25, -0.2) is 0 Å². The Hall–Kier alpha value is -1.55. The van der Waals surface area contributed by atoms with E-state index in [1.54, 1.807) is 0 Å². The van der Waals surface area contributed by atoms with Gasteiger partial charge in [0, 0.05) is 12.7 Å². The van der Waals surface area contributed by atoms with Gasteiger partial charge in [-0.1, -0.05) is 12.1 Å². The van der Waals surface area contributed by atoms with Gasteiger partial charge < -0.3 is 15.4 Å². The van der Waals surface area contributed by atoms with E-state index in [0.29, 0.717) is 11.7 Å². The third kappa shape index (κ3) is 1.97. The smallest absolute Gasteiger partial charge is 0.253 e. The summed E-state index contributed by atoms with van der Waals surface area (Å²) in [4.78, 5) is 12.3. The van der Waals surface area contributed by atoms with E-state index in [-0.39, 0.29) is 18.1 Å². The highest BCUT2D eigenvalue weighted by atomic mass is 16.5. The average Bonchev–Trinajstić information content (AvgIpc) is 3.01. The highest BCUT2D eigenvalue weighted by Crippen LogP contribution is 2.34. The zero-order valence-electron chi connectivity index (χ0n) is 10.5. The first kappa shape index (κ1) is 11.5. The van der Waals surface area contributed by atoms with E-state index in [4.69, 9.17) is 4.74 Å². The Labute approximate surface area is 107 Å². The zero-order valence-corrected chi connectivity index (χ0v) is 10.5. The first-order chi connectivity index (χ1) is 8.78. The van der Waals surface area contributed by atoms with Gasteiger partial charge in [-0.15, -0.1) is 0 Å². The Morgan fingerprint density at radius 2 is 2.17 bits per heavy atom. The Morgan fingerprint density at radius 3 is 2.83 bits per heavy atom. The number of ether oxygens (including phenoxy) is 1. The number of amides is 1. The van der Waals surface area contributed by atoms with Crippen molar-refractivity contribution >= 4 is 11.6 Å². The molecule has 2 saturated heterocycles. The van der Waals surface area contributed by atoms with E-state index in [1.165, 1.54) is 0 Å². The second-order valence-corrected chi connectivity index (χ2v) is 4.99. The van der Waals surface area contributed by atoms with E-state index in [1.807, 2.05) is 31.3 Å². The summed E-state index contributed by atoms with van der Waals surface area (Å²) in [6, 6.07) is 7.73. The molecule has 3 atom stereocenters. The first-order valence-electron chi connectivity index (χ1n) is 6.51. The largest absolute Gasteiger partial charge is 0.387 e. The molecular weight excluding hydrogens is 228 g/mol. The number of rotatable bonds is 3. The lowest BCUT2D eigenvalue weighted by Crippen LogP contribution is -2.41. The molecule has 18 heavy (non-hydrogen) atoms. The molecule has 3 rings (SSSR count). The van der Waals surface area contributed by atoms with Crippen LogP contribution in [0.4, 0.5) is 5.69 Å². The maximum Gasteiger partial charge on any atom is 0.253 e. The Kier molecular flexibility index (Phi) is 2.96. The monoisotopic (exact) mass is 246 g/mol. The van der Waals surface area contributed by atoms with Gasteiger partial charge in [0.1, 0.15) is 0 Å². The van der Waals surface area contributed by atoms with Crippen LogP contribution in [0.15, 0.2) is 24.3 Å². The van der Waals surface area contributed by atoms with Crippen LogP contribution in [0.2, 0.25) is 0 Å². The molecule has 4 heteroatoms. The Bertz CT molecular complexity index is 461. The van der Waals surface area contributed by atoms with E-state index < -0.39 is 0 Å². The molecule has 4 nitrogen and oxygen atoms in total. The van der Waals surface area contributed by atoms with Gasteiger partial charge in [0.15, 0.2) is 0 Å². The quantitative estimate of drug-likeness (QED) is 0.854. The van der Waals surface area contributed by atoms with Crippen LogP contribution in [0.5, 0.6) is 0 Å². The molecule has 2 aliphatic heterocycles. The molecule has 0 aromatic heterocycles. The fourth-order valence-corrected chi connectivity index (χ4v) is 2.94. The van der Waals surface area contributed by atoms with Crippen molar-refractivity contribution in [2.24, 2.45) is 0 Å². The number of para-hydroxylation sites is 1. The molecular formula is C14H18N2O2. The molecule has 2 fully saturated rings. The lowest BCUT2D eigenvalue weighted by atomic mass is 9.95. The highest BCUT2D eigenvalue weighted by molar-refractivity contribution is 5.99. The van der Waals surface area contributed by atoms with Gasteiger partial charge in [0.25, 0.3) is 5.91 Å². The summed E-state index contributed by atoms with van der Waals surface area (Å²) in [5, 5.41) is 6.14. The van der Waals surface area contributed by atoms with Crippen LogP contribution in [-0.4, -0.2) is 31.2 Å². The summed E-state index contributed by atoms with van der Waals surface area (Å²) in [5.74, 6) is -0.0129. The molecule has 1 amide bonds. The Balaban J connectivity index is 1.71. The first-order valence-corrected chi connectivity index (χ1v) is 6.51. The molecule has 96 valence electrons. The summed E-state index contributed by atoms with van der Waals surface area (Å²) in [5.41, 5.74) is 1.56. The summed E-state index contributed by atoms with van der Waals surface area (Å²) in [6.07, 6.45) is 3.76. The second-order valence-electron chi connectivity index (χ2n) is 4.99. The van der Waals surface area contributed by atoms with E-state index in [9.17, 15) is 4.79 Å². The number of nitrogens with one attached hydrogen (secondary N) is 2. The van der Waals surface area contributed by atoms with Crippen LogP contribution in [-0.2, 0) is 4.74 Å². The fraction of sp³-hybridized carbons (Fsp3) is 0.500. The van der Waals surface area contributed by atoms with Crippen molar-refractivity contribution in [2.45, 2.75) is 37.5 Å². The van der Waals surface area contributed by atoms with Gasteiger partial charge in [0.05, 0.1) is 23.8 Å². The van der Waals surface area contributed by atoms with Crippen LogP contribution in [0.1, 0.15) is 29.6 Å². The van der Waals surface area contributed by atoms with Crippen molar-refractivity contribution in [2.75, 3.05) is 12.4 Å². The standard InChI is InChI=1S/C14H18N2O2/c1-15-11-5-3-2-4-10(11)14(17)16-12-8-9-6-7-13(12)18-9/h2-5,9,12-13,15H,6-8H2,1H3,(H,16,17). The molecule has 2 bridgehead atoms. The summed E-state index contributed by atoms with van der Waals surface area (Å²) in [6.45, 7) is 0. The van der Waals surface area contributed by atoms with Gasteiger partial charge in [-0.3, -0.25) is 4.79 Å². The molecule has 1 aromatic rings. The van der Waals surface area contributed by atoms with Crippen LogP contribution >= 0.6 is 0 Å². The summed E-state index contributed by atoms with van der Waals surface area (Å²) < 4.78 is 5.75. The predicted molar refractivity (Wildman–Crippen MR) is 69.8 cm³/mol. The molecule has 0 aliphatic carbocycles. The maximum atomic E-state index is 12.3. The molecule has 2 aliphatic rings. The third-order valence-corrected chi connectivity index (χ3v) is 3.86. The van der Waals surface area contributed by atoms with Crippen LogP contribution < -0.4 is 10.6 Å². The van der Waals surface area contributed by atoms with Gasteiger partial charge in [0.2, 0.25) is 0 Å². The van der Waals surface area contributed by atoms with Crippen molar-refractivity contribution < 1.29 is 9.53 Å². The number of hydrogen-bond acceptors (Lipinski definition) is 3. The van der Waals surface area contributed by atoms with Crippen molar-refractivity contribution in [3.63, 3.8) is 0 Å². The van der Waals surface area contributed by atoms with Gasteiger partial charge >= 0.3 is 0 Å². The predicted octanol–water partition coefficient (Wildman–Crippen LogP) is 1.78. The molecule has 0 saturated carbocycles. The number of carbonyl (C=O) groups is 1. The number of fused-ring (bicyclic) bond motifs is 2. The molecule has 0 spiro atoms. The van der Waals surface area contributed by atoms with Gasteiger partial charge in [-0.2, -0.15) is 0 Å². The minimum Gasteiger partial charge on any atom is -0.387 e.